The van der Waals surface area contributed by atoms with E-state index in [-0.39, 0.29) is 0 Å². The van der Waals surface area contributed by atoms with E-state index in [0.717, 1.165) is 0 Å². The highest BCUT2D eigenvalue weighted by Gasteiger charge is 2.14. The lowest BCUT2D eigenvalue weighted by molar-refractivity contribution is 1.31. The van der Waals surface area contributed by atoms with Gasteiger partial charge in [0.25, 0.3) is 0 Å². The summed E-state index contributed by atoms with van der Waals surface area (Å²) in [5, 5.41) is 9.29. The molecule has 1 heteroatoms. The summed E-state index contributed by atoms with van der Waals surface area (Å²) in [6, 6.07) is 26.5. The van der Waals surface area contributed by atoms with Crippen molar-refractivity contribution in [3.63, 3.8) is 0 Å². The van der Waals surface area contributed by atoms with Crippen LogP contribution in [0.15, 0.2) is 79.0 Å². The standard InChI is InChI=1S/C22H13N/c1-2-6-15-13-21-19(11-14(15)5-1)20-12-16-7-3-4-8-17(16)18-9-10-23(21)22(18)20/h1-13H. The maximum Gasteiger partial charge on any atom is 0.0614 e. The van der Waals surface area contributed by atoms with E-state index in [1.54, 1.807) is 0 Å². The Labute approximate surface area is 132 Å². The summed E-state index contributed by atoms with van der Waals surface area (Å²) >= 11 is 0. The molecule has 23 heavy (non-hydrogen) atoms. The Hall–Kier alpha value is -3.06. The first-order valence-electron chi connectivity index (χ1n) is 7.96. The summed E-state index contributed by atoms with van der Waals surface area (Å²) in [5.41, 5.74) is 2.64. The molecule has 0 amide bonds. The molecule has 6 aromatic rings. The zero-order valence-electron chi connectivity index (χ0n) is 12.5. The molecule has 0 aliphatic heterocycles. The third-order valence-corrected chi connectivity index (χ3v) is 5.11. The summed E-state index contributed by atoms with van der Waals surface area (Å²) in [6.07, 6.45) is 2.21. The van der Waals surface area contributed by atoms with Gasteiger partial charge in [-0.1, -0.05) is 48.5 Å². The Morgan fingerprint density at radius 2 is 1.22 bits per heavy atom. The van der Waals surface area contributed by atoms with Crippen molar-refractivity contribution in [3.8, 4) is 0 Å². The molecule has 0 spiro atoms. The lowest BCUT2D eigenvalue weighted by Gasteiger charge is -2.01. The van der Waals surface area contributed by atoms with Crippen LogP contribution in [0.4, 0.5) is 0 Å². The molecule has 4 aromatic carbocycles. The molecule has 6 rings (SSSR count). The lowest BCUT2D eigenvalue weighted by atomic mass is 10.0. The maximum atomic E-state index is 2.35. The molecule has 0 bridgehead atoms. The van der Waals surface area contributed by atoms with Gasteiger partial charge in [-0.15, -0.1) is 0 Å². The number of rotatable bonds is 0. The molecular formula is C22H13N. The first kappa shape index (κ1) is 11.5. The van der Waals surface area contributed by atoms with Gasteiger partial charge in [-0.05, 0) is 45.8 Å². The number of nitrogens with zero attached hydrogens (tertiary/aromatic N) is 1. The van der Waals surface area contributed by atoms with E-state index in [1.807, 2.05) is 0 Å². The predicted molar refractivity (Wildman–Crippen MR) is 98.6 cm³/mol. The van der Waals surface area contributed by atoms with Crippen molar-refractivity contribution in [1.82, 2.24) is 4.40 Å². The van der Waals surface area contributed by atoms with Crippen LogP contribution < -0.4 is 0 Å². The van der Waals surface area contributed by atoms with E-state index in [9.17, 15) is 0 Å². The molecule has 0 aliphatic rings. The van der Waals surface area contributed by atoms with E-state index >= 15 is 0 Å². The van der Waals surface area contributed by atoms with Crippen molar-refractivity contribution in [3.05, 3.63) is 79.0 Å². The summed E-state index contributed by atoms with van der Waals surface area (Å²) in [6.45, 7) is 0. The summed E-state index contributed by atoms with van der Waals surface area (Å²) in [4.78, 5) is 0. The van der Waals surface area contributed by atoms with Gasteiger partial charge >= 0.3 is 0 Å². The fourth-order valence-electron chi connectivity index (χ4n) is 4.07. The molecule has 0 unspecified atom stereocenters. The minimum absolute atomic E-state index is 1.30. The van der Waals surface area contributed by atoms with Crippen LogP contribution in [0.3, 0.4) is 0 Å². The fraction of sp³-hybridized carbons (Fsp3) is 0. The van der Waals surface area contributed by atoms with Crippen molar-refractivity contribution < 1.29 is 0 Å². The van der Waals surface area contributed by atoms with E-state index in [1.165, 1.54) is 48.7 Å². The van der Waals surface area contributed by atoms with Crippen LogP contribution in [-0.2, 0) is 0 Å². The molecule has 0 atom stereocenters. The molecule has 0 saturated heterocycles. The Kier molecular flexibility index (Phi) is 1.91. The largest absolute Gasteiger partial charge is 0.315 e. The highest BCUT2D eigenvalue weighted by Crippen LogP contribution is 2.38. The molecule has 0 N–H and O–H groups in total. The minimum atomic E-state index is 1.30. The highest BCUT2D eigenvalue weighted by molar-refractivity contribution is 6.24. The smallest absolute Gasteiger partial charge is 0.0614 e. The van der Waals surface area contributed by atoms with Gasteiger partial charge in [0.1, 0.15) is 0 Å². The molecule has 0 fully saturated rings. The molecule has 0 saturated carbocycles. The zero-order valence-corrected chi connectivity index (χ0v) is 12.5. The van der Waals surface area contributed by atoms with Gasteiger partial charge in [0, 0.05) is 22.4 Å². The second-order valence-electron chi connectivity index (χ2n) is 6.31. The summed E-state index contributed by atoms with van der Waals surface area (Å²) < 4.78 is 2.35. The summed E-state index contributed by atoms with van der Waals surface area (Å²) in [5.74, 6) is 0. The maximum absolute atomic E-state index is 2.35. The third-order valence-electron chi connectivity index (χ3n) is 5.11. The second-order valence-corrected chi connectivity index (χ2v) is 6.31. The van der Waals surface area contributed by atoms with Crippen molar-refractivity contribution >= 4 is 48.7 Å². The molecule has 106 valence electrons. The normalized spacial score (nSPS) is 12.3. The van der Waals surface area contributed by atoms with Crippen LogP contribution >= 0.6 is 0 Å². The molecule has 0 aliphatic carbocycles. The SMILES string of the molecule is c1ccc2cc3c(cc2c1)c1cc2ccccc2c2ccn3c21. The van der Waals surface area contributed by atoms with E-state index in [0.29, 0.717) is 0 Å². The Balaban J connectivity index is 1.98. The highest BCUT2D eigenvalue weighted by atomic mass is 14.9. The van der Waals surface area contributed by atoms with E-state index in [4.69, 9.17) is 0 Å². The quantitative estimate of drug-likeness (QED) is 0.324. The lowest BCUT2D eigenvalue weighted by Crippen LogP contribution is -1.77. The second kappa shape index (κ2) is 3.82. The average Bonchev–Trinajstić information content (AvgIpc) is 3.16. The van der Waals surface area contributed by atoms with Crippen molar-refractivity contribution in [2.75, 3.05) is 0 Å². The number of fused-ring (bicyclic) bond motifs is 6. The number of hydrogen-bond donors (Lipinski definition) is 0. The van der Waals surface area contributed by atoms with Gasteiger partial charge in [-0.2, -0.15) is 0 Å². The van der Waals surface area contributed by atoms with Gasteiger partial charge in [0.05, 0.1) is 11.0 Å². The van der Waals surface area contributed by atoms with Crippen molar-refractivity contribution in [1.29, 1.82) is 0 Å². The summed E-state index contributed by atoms with van der Waals surface area (Å²) in [7, 11) is 0. The molecular weight excluding hydrogens is 278 g/mol. The predicted octanol–water partition coefficient (Wildman–Crippen LogP) is 5.99. The van der Waals surface area contributed by atoms with Crippen LogP contribution in [0.2, 0.25) is 0 Å². The van der Waals surface area contributed by atoms with Gasteiger partial charge in [0.2, 0.25) is 0 Å². The van der Waals surface area contributed by atoms with E-state index < -0.39 is 0 Å². The van der Waals surface area contributed by atoms with Crippen LogP contribution in [0.25, 0.3) is 48.7 Å². The Bertz CT molecular complexity index is 1350. The Morgan fingerprint density at radius 3 is 2.09 bits per heavy atom. The minimum Gasteiger partial charge on any atom is -0.315 e. The topological polar surface area (TPSA) is 4.41 Å². The van der Waals surface area contributed by atoms with E-state index in [2.05, 4.69) is 83.4 Å². The van der Waals surface area contributed by atoms with Crippen LogP contribution in [0.1, 0.15) is 0 Å². The van der Waals surface area contributed by atoms with Crippen molar-refractivity contribution in [2.45, 2.75) is 0 Å². The fourth-order valence-corrected chi connectivity index (χ4v) is 4.07. The zero-order chi connectivity index (χ0) is 15.0. The molecule has 2 aromatic heterocycles. The first-order chi connectivity index (χ1) is 11.4. The molecule has 2 heterocycles. The third kappa shape index (κ3) is 1.33. The average molecular weight is 291 g/mol. The first-order valence-corrected chi connectivity index (χ1v) is 7.96. The number of aromatic nitrogens is 1. The van der Waals surface area contributed by atoms with Crippen LogP contribution in [0.5, 0.6) is 0 Å². The van der Waals surface area contributed by atoms with Crippen LogP contribution in [0, 0.1) is 0 Å². The van der Waals surface area contributed by atoms with Crippen molar-refractivity contribution in [2.24, 2.45) is 0 Å². The number of hydrogen-bond acceptors (Lipinski definition) is 0. The monoisotopic (exact) mass is 291 g/mol. The van der Waals surface area contributed by atoms with Gasteiger partial charge in [-0.3, -0.25) is 0 Å². The Morgan fingerprint density at radius 1 is 0.522 bits per heavy atom. The van der Waals surface area contributed by atoms with Crippen LogP contribution in [-0.4, -0.2) is 4.40 Å². The number of benzene rings is 4. The van der Waals surface area contributed by atoms with Gasteiger partial charge in [0.15, 0.2) is 0 Å². The van der Waals surface area contributed by atoms with Gasteiger partial charge < -0.3 is 4.40 Å². The van der Waals surface area contributed by atoms with Gasteiger partial charge in [-0.25, -0.2) is 0 Å². The molecule has 1 nitrogen and oxygen atoms in total. The molecule has 0 radical (unpaired) electrons.